The normalized spacial score (nSPS) is 12.1. The fraction of sp³-hybridized carbons (Fsp3) is 0.516. The predicted molar refractivity (Wildman–Crippen MR) is 156 cm³/mol. The Bertz CT molecular complexity index is 1240. The molecule has 2 aromatic carbocycles. The van der Waals surface area contributed by atoms with E-state index < -0.39 is 18.6 Å². The molecule has 0 saturated heterocycles. The quantitative estimate of drug-likeness (QED) is 0.240. The van der Waals surface area contributed by atoms with Crippen LogP contribution in [0.3, 0.4) is 0 Å². The van der Waals surface area contributed by atoms with Gasteiger partial charge in [0.15, 0.2) is 0 Å². The number of nitrogens with one attached hydrogen (secondary N) is 1. The predicted octanol–water partition coefficient (Wildman–Crippen LogP) is 4.31. The van der Waals surface area contributed by atoms with Gasteiger partial charge in [-0.15, -0.1) is 0 Å². The molecule has 9 nitrogen and oxygen atoms in total. The van der Waals surface area contributed by atoms with Crippen molar-refractivity contribution in [3.8, 4) is 28.6 Å². The van der Waals surface area contributed by atoms with Gasteiger partial charge in [0.25, 0.3) is 5.89 Å². The van der Waals surface area contributed by atoms with Gasteiger partial charge in [0.2, 0.25) is 11.7 Å². The molecule has 1 atom stereocenters. The number of aryl methyl sites for hydroxylation is 3. The molecule has 218 valence electrons. The first kappa shape index (κ1) is 31.3. The Labute approximate surface area is 237 Å². The van der Waals surface area contributed by atoms with Gasteiger partial charge in [-0.1, -0.05) is 44.8 Å². The van der Waals surface area contributed by atoms with Crippen LogP contribution in [0.4, 0.5) is 0 Å². The summed E-state index contributed by atoms with van der Waals surface area (Å²) >= 11 is 0. The molecule has 0 spiro atoms. The van der Waals surface area contributed by atoms with Gasteiger partial charge in [0.05, 0.1) is 0 Å². The standard InChI is InChI=1S/C31H44N4O5/c1-6-9-11-35(5)18-23-13-22(10-7-2)14-26(15-23)31-33-30(34-40-31)25-12-21(4)29(24(8-3)16-25)39-20-27(37)17-32-28(38)19-36/h12-16,27,36-37H,6-11,17-20H2,1-5H3,(H,32,38). The Morgan fingerprint density at radius 2 is 1.88 bits per heavy atom. The zero-order valence-electron chi connectivity index (χ0n) is 24.5. The number of hydrogen-bond donors (Lipinski definition) is 3. The fourth-order valence-electron chi connectivity index (χ4n) is 4.66. The van der Waals surface area contributed by atoms with Gasteiger partial charge in [-0.25, -0.2) is 0 Å². The van der Waals surface area contributed by atoms with Gasteiger partial charge in [0, 0.05) is 24.2 Å². The van der Waals surface area contributed by atoms with E-state index in [1.807, 2.05) is 26.0 Å². The number of unbranched alkanes of at least 4 members (excludes halogenated alkanes) is 1. The van der Waals surface area contributed by atoms with Crippen molar-refractivity contribution in [3.63, 3.8) is 0 Å². The maximum Gasteiger partial charge on any atom is 0.258 e. The number of rotatable bonds is 16. The summed E-state index contributed by atoms with van der Waals surface area (Å²) in [5.41, 5.74) is 6.10. The highest BCUT2D eigenvalue weighted by molar-refractivity contribution is 5.76. The zero-order chi connectivity index (χ0) is 29.1. The third kappa shape index (κ3) is 8.87. The second-order valence-corrected chi connectivity index (χ2v) is 10.4. The van der Waals surface area contributed by atoms with E-state index in [0.717, 1.165) is 48.2 Å². The average molecular weight is 553 g/mol. The Balaban J connectivity index is 1.80. The summed E-state index contributed by atoms with van der Waals surface area (Å²) in [5.74, 6) is 1.15. The lowest BCUT2D eigenvalue weighted by Gasteiger charge is -2.17. The summed E-state index contributed by atoms with van der Waals surface area (Å²) in [7, 11) is 2.16. The molecule has 0 aliphatic carbocycles. The molecule has 1 unspecified atom stereocenters. The smallest absolute Gasteiger partial charge is 0.258 e. The molecule has 3 N–H and O–H groups in total. The molecule has 0 aliphatic heterocycles. The molecule has 1 amide bonds. The third-order valence-corrected chi connectivity index (χ3v) is 6.70. The van der Waals surface area contributed by atoms with E-state index in [0.29, 0.717) is 23.9 Å². The number of carbonyl (C=O) groups excluding carboxylic acids is 1. The third-order valence-electron chi connectivity index (χ3n) is 6.70. The first-order valence-electron chi connectivity index (χ1n) is 14.3. The minimum Gasteiger partial charge on any atom is -0.490 e. The van der Waals surface area contributed by atoms with Crippen LogP contribution in [0, 0.1) is 6.92 Å². The van der Waals surface area contributed by atoms with Gasteiger partial charge in [-0.3, -0.25) is 4.79 Å². The van der Waals surface area contributed by atoms with E-state index in [2.05, 4.69) is 54.5 Å². The number of aliphatic hydroxyl groups is 2. The highest BCUT2D eigenvalue weighted by Crippen LogP contribution is 2.32. The van der Waals surface area contributed by atoms with Crippen molar-refractivity contribution in [2.45, 2.75) is 72.4 Å². The number of aliphatic hydroxyl groups excluding tert-OH is 2. The monoisotopic (exact) mass is 552 g/mol. The highest BCUT2D eigenvalue weighted by atomic mass is 16.5. The molecule has 40 heavy (non-hydrogen) atoms. The molecule has 0 fully saturated rings. The Morgan fingerprint density at radius 1 is 1.10 bits per heavy atom. The van der Waals surface area contributed by atoms with Gasteiger partial charge in [-0.2, -0.15) is 4.98 Å². The summed E-state index contributed by atoms with van der Waals surface area (Å²) in [6.07, 6.45) is 4.21. The van der Waals surface area contributed by atoms with E-state index in [4.69, 9.17) is 19.4 Å². The molecule has 3 rings (SSSR count). The van der Waals surface area contributed by atoms with E-state index >= 15 is 0 Å². The van der Waals surface area contributed by atoms with Crippen LogP contribution in [-0.2, 0) is 24.2 Å². The number of nitrogens with zero attached hydrogens (tertiary/aromatic N) is 3. The summed E-state index contributed by atoms with van der Waals surface area (Å²) in [6, 6.07) is 10.5. The van der Waals surface area contributed by atoms with E-state index in [1.165, 1.54) is 24.0 Å². The lowest BCUT2D eigenvalue weighted by Crippen LogP contribution is -2.36. The Kier molecular flexibility index (Phi) is 12.1. The topological polar surface area (TPSA) is 121 Å². The van der Waals surface area contributed by atoms with Crippen LogP contribution in [0.1, 0.15) is 62.3 Å². The number of amides is 1. The molecular formula is C31H44N4O5. The van der Waals surface area contributed by atoms with Crippen LogP contribution in [-0.4, -0.2) is 70.6 Å². The number of hydrogen-bond acceptors (Lipinski definition) is 8. The maximum absolute atomic E-state index is 11.2. The lowest BCUT2D eigenvalue weighted by atomic mass is 10.0. The molecule has 0 saturated carbocycles. The van der Waals surface area contributed by atoms with E-state index in [1.54, 1.807) is 0 Å². The average Bonchev–Trinajstić information content (AvgIpc) is 3.44. The Hall–Kier alpha value is -3.27. The summed E-state index contributed by atoms with van der Waals surface area (Å²) < 4.78 is 11.7. The summed E-state index contributed by atoms with van der Waals surface area (Å²) in [4.78, 5) is 18.3. The van der Waals surface area contributed by atoms with E-state index in [9.17, 15) is 9.90 Å². The highest BCUT2D eigenvalue weighted by Gasteiger charge is 2.17. The SMILES string of the molecule is CCCCN(C)Cc1cc(CCC)cc(-c2nc(-c3cc(C)c(OCC(O)CNC(=O)CO)c(CC)c3)no2)c1. The van der Waals surface area contributed by atoms with Crippen molar-refractivity contribution in [3.05, 3.63) is 52.6 Å². The number of aromatic nitrogens is 2. The van der Waals surface area contributed by atoms with Gasteiger partial charge < -0.3 is 29.7 Å². The van der Waals surface area contributed by atoms with Crippen molar-refractivity contribution in [2.75, 3.05) is 33.4 Å². The van der Waals surface area contributed by atoms with Crippen molar-refractivity contribution in [1.29, 1.82) is 0 Å². The molecule has 0 bridgehead atoms. The molecular weight excluding hydrogens is 508 g/mol. The lowest BCUT2D eigenvalue weighted by molar-refractivity contribution is -0.124. The van der Waals surface area contributed by atoms with Crippen molar-refractivity contribution in [2.24, 2.45) is 0 Å². The molecule has 1 heterocycles. The van der Waals surface area contributed by atoms with Gasteiger partial charge >= 0.3 is 0 Å². The fourth-order valence-corrected chi connectivity index (χ4v) is 4.66. The van der Waals surface area contributed by atoms with Gasteiger partial charge in [-0.05, 0) is 86.3 Å². The minimum atomic E-state index is -0.904. The van der Waals surface area contributed by atoms with Crippen LogP contribution in [0.5, 0.6) is 5.75 Å². The van der Waals surface area contributed by atoms with Crippen molar-refractivity contribution in [1.82, 2.24) is 20.4 Å². The number of benzene rings is 2. The molecule has 3 aromatic rings. The Morgan fingerprint density at radius 3 is 2.58 bits per heavy atom. The maximum atomic E-state index is 11.2. The van der Waals surface area contributed by atoms with Crippen LogP contribution in [0.15, 0.2) is 34.9 Å². The zero-order valence-corrected chi connectivity index (χ0v) is 24.5. The van der Waals surface area contributed by atoms with Crippen molar-refractivity contribution < 1.29 is 24.3 Å². The second kappa shape index (κ2) is 15.5. The second-order valence-electron chi connectivity index (χ2n) is 10.4. The molecule has 0 aliphatic rings. The van der Waals surface area contributed by atoms with Crippen LogP contribution < -0.4 is 10.1 Å². The van der Waals surface area contributed by atoms with Crippen LogP contribution in [0.25, 0.3) is 22.8 Å². The van der Waals surface area contributed by atoms with E-state index in [-0.39, 0.29) is 13.2 Å². The van der Waals surface area contributed by atoms with Crippen molar-refractivity contribution >= 4 is 5.91 Å². The first-order chi connectivity index (χ1) is 19.3. The largest absolute Gasteiger partial charge is 0.490 e. The number of carbonyl (C=O) groups is 1. The molecule has 0 radical (unpaired) electrons. The minimum absolute atomic E-state index is 0.000181. The van der Waals surface area contributed by atoms with Crippen LogP contribution in [0.2, 0.25) is 0 Å². The first-order valence-corrected chi connectivity index (χ1v) is 14.3. The summed E-state index contributed by atoms with van der Waals surface area (Å²) in [5, 5.41) is 25.7. The number of ether oxygens (including phenoxy) is 1. The molecule has 9 heteroatoms. The summed E-state index contributed by atoms with van der Waals surface area (Å²) in [6.45, 7) is 9.68. The van der Waals surface area contributed by atoms with Crippen LogP contribution >= 0.6 is 0 Å². The molecule has 1 aromatic heterocycles. The van der Waals surface area contributed by atoms with Gasteiger partial charge in [0.1, 0.15) is 25.1 Å².